The lowest BCUT2D eigenvalue weighted by atomic mass is 9.76. The Morgan fingerprint density at radius 3 is 2.71 bits per heavy atom. The lowest BCUT2D eigenvalue weighted by Gasteiger charge is -2.30. The molecule has 6 heteroatoms. The zero-order valence-electron chi connectivity index (χ0n) is 12.6. The average Bonchev–Trinajstić information content (AvgIpc) is 3.28. The monoisotopic (exact) mass is 295 g/mol. The van der Waals surface area contributed by atoms with Crippen molar-refractivity contribution in [3.63, 3.8) is 0 Å². The van der Waals surface area contributed by atoms with Gasteiger partial charge in [-0.2, -0.15) is 0 Å². The molecule has 4 nitrogen and oxygen atoms in total. The highest BCUT2D eigenvalue weighted by molar-refractivity contribution is 6.59. The highest BCUT2D eigenvalue weighted by Gasteiger charge is 2.32. The van der Waals surface area contributed by atoms with E-state index in [1.54, 1.807) is 13.2 Å². The van der Waals surface area contributed by atoms with Gasteiger partial charge in [-0.25, -0.2) is 4.39 Å². The van der Waals surface area contributed by atoms with Crippen LogP contribution in [0.2, 0.25) is 0 Å². The average molecular weight is 295 g/mol. The fourth-order valence-corrected chi connectivity index (χ4v) is 2.68. The fraction of sp³-hybridized carbons (Fsp3) is 0.600. The first-order chi connectivity index (χ1) is 10.0. The number of halogens is 1. The zero-order valence-corrected chi connectivity index (χ0v) is 12.6. The van der Waals surface area contributed by atoms with E-state index in [0.29, 0.717) is 25.1 Å². The van der Waals surface area contributed by atoms with Crippen molar-refractivity contribution in [1.29, 1.82) is 0 Å². The Balaban J connectivity index is 2.14. The maximum atomic E-state index is 13.3. The normalized spacial score (nSPS) is 16.3. The van der Waals surface area contributed by atoms with Crippen LogP contribution in [0.25, 0.3) is 0 Å². The molecule has 0 amide bonds. The second-order valence-electron chi connectivity index (χ2n) is 5.76. The molecule has 1 aromatic carbocycles. The van der Waals surface area contributed by atoms with E-state index in [1.807, 2.05) is 0 Å². The van der Waals surface area contributed by atoms with Crippen LogP contribution in [0.4, 0.5) is 4.39 Å². The molecule has 0 bridgehead atoms. The number of rotatable bonds is 8. The summed E-state index contributed by atoms with van der Waals surface area (Å²) < 4.78 is 18.4. The maximum Gasteiger partial charge on any atom is 0.488 e. The van der Waals surface area contributed by atoms with Gasteiger partial charge in [-0.3, -0.25) is 4.90 Å². The van der Waals surface area contributed by atoms with Gasteiger partial charge in [0.1, 0.15) is 5.82 Å². The Morgan fingerprint density at radius 2 is 2.14 bits per heavy atom. The number of methoxy groups -OCH3 is 1. The van der Waals surface area contributed by atoms with Crippen molar-refractivity contribution in [3.8, 4) is 0 Å². The second kappa shape index (κ2) is 7.36. The van der Waals surface area contributed by atoms with Crippen LogP contribution in [-0.4, -0.2) is 48.4 Å². The summed E-state index contributed by atoms with van der Waals surface area (Å²) in [4.78, 5) is 2.26. The summed E-state index contributed by atoms with van der Waals surface area (Å²) in [6.07, 6.45) is 2.48. The number of ether oxygens (including phenoxy) is 1. The summed E-state index contributed by atoms with van der Waals surface area (Å²) in [6, 6.07) is 4.59. The molecule has 21 heavy (non-hydrogen) atoms. The van der Waals surface area contributed by atoms with E-state index in [2.05, 4.69) is 11.8 Å². The Bertz CT molecular complexity index is 468. The van der Waals surface area contributed by atoms with Crippen molar-refractivity contribution in [2.45, 2.75) is 32.4 Å². The molecule has 1 aliphatic rings. The Morgan fingerprint density at radius 1 is 1.43 bits per heavy atom. The van der Waals surface area contributed by atoms with Gasteiger partial charge in [-0.05, 0) is 48.8 Å². The summed E-state index contributed by atoms with van der Waals surface area (Å²) in [6.45, 7) is 4.14. The molecular formula is C15H23BFNO3. The topological polar surface area (TPSA) is 52.9 Å². The van der Waals surface area contributed by atoms with Crippen molar-refractivity contribution in [3.05, 3.63) is 29.6 Å². The van der Waals surface area contributed by atoms with Crippen LogP contribution in [0.3, 0.4) is 0 Å². The lowest BCUT2D eigenvalue weighted by Crippen LogP contribution is -2.40. The Kier molecular flexibility index (Phi) is 5.76. The minimum atomic E-state index is -1.66. The molecule has 1 fully saturated rings. The van der Waals surface area contributed by atoms with E-state index in [1.165, 1.54) is 25.0 Å². The molecule has 2 rings (SSSR count). The van der Waals surface area contributed by atoms with Crippen LogP contribution in [0.15, 0.2) is 18.2 Å². The van der Waals surface area contributed by atoms with Crippen LogP contribution >= 0.6 is 0 Å². The van der Waals surface area contributed by atoms with Gasteiger partial charge in [0.2, 0.25) is 0 Å². The van der Waals surface area contributed by atoms with Crippen LogP contribution in [0.1, 0.15) is 25.3 Å². The molecule has 1 aliphatic carbocycles. The number of hydrogen-bond donors (Lipinski definition) is 2. The molecular weight excluding hydrogens is 272 g/mol. The Hall–Kier alpha value is -0.945. The van der Waals surface area contributed by atoms with Gasteiger partial charge < -0.3 is 14.8 Å². The van der Waals surface area contributed by atoms with Crippen molar-refractivity contribution in [2.24, 2.45) is 5.92 Å². The summed E-state index contributed by atoms with van der Waals surface area (Å²) in [7, 11) is 0.0111. The van der Waals surface area contributed by atoms with Crippen LogP contribution in [0.5, 0.6) is 0 Å². The van der Waals surface area contributed by atoms with Crippen LogP contribution in [0, 0.1) is 11.7 Å². The van der Waals surface area contributed by atoms with Crippen LogP contribution in [-0.2, 0) is 11.3 Å². The molecule has 2 N–H and O–H groups in total. The first-order valence-electron chi connectivity index (χ1n) is 7.40. The van der Waals surface area contributed by atoms with Crippen LogP contribution < -0.4 is 5.46 Å². The molecule has 0 spiro atoms. The molecule has 1 atom stereocenters. The highest BCUT2D eigenvalue weighted by Crippen LogP contribution is 2.35. The predicted octanol–water partition coefficient (Wildman–Crippen LogP) is 0.752. The second-order valence-corrected chi connectivity index (χ2v) is 5.76. The van der Waals surface area contributed by atoms with Gasteiger partial charge in [0.05, 0.1) is 6.61 Å². The van der Waals surface area contributed by atoms with E-state index in [4.69, 9.17) is 4.74 Å². The minimum absolute atomic E-state index is 0.236. The smallest absolute Gasteiger partial charge is 0.423 e. The molecule has 116 valence electrons. The maximum absolute atomic E-state index is 13.3. The van der Waals surface area contributed by atoms with Gasteiger partial charge in [-0.1, -0.05) is 6.07 Å². The van der Waals surface area contributed by atoms with Gasteiger partial charge in [-0.15, -0.1) is 0 Å². The van der Waals surface area contributed by atoms with Crippen molar-refractivity contribution in [1.82, 2.24) is 4.90 Å². The van der Waals surface area contributed by atoms with E-state index < -0.39 is 12.9 Å². The lowest BCUT2D eigenvalue weighted by molar-refractivity contribution is 0.112. The molecule has 0 aliphatic heterocycles. The number of nitrogens with zero attached hydrogens (tertiary/aromatic N) is 1. The molecule has 0 saturated heterocycles. The third-order valence-electron chi connectivity index (χ3n) is 4.22. The summed E-state index contributed by atoms with van der Waals surface area (Å²) >= 11 is 0. The van der Waals surface area contributed by atoms with Gasteiger partial charge in [0.15, 0.2) is 0 Å². The van der Waals surface area contributed by atoms with Crippen molar-refractivity contribution >= 4 is 12.6 Å². The predicted molar refractivity (Wildman–Crippen MR) is 80.7 cm³/mol. The molecule has 0 heterocycles. The number of hydrogen-bond acceptors (Lipinski definition) is 4. The third kappa shape index (κ3) is 4.51. The van der Waals surface area contributed by atoms with Gasteiger partial charge >= 0.3 is 7.12 Å². The summed E-state index contributed by atoms with van der Waals surface area (Å²) in [5, 5.41) is 18.8. The molecule has 1 saturated carbocycles. The molecule has 0 aromatic heterocycles. The zero-order chi connectivity index (χ0) is 15.4. The van der Waals surface area contributed by atoms with E-state index in [-0.39, 0.29) is 5.46 Å². The molecule has 0 radical (unpaired) electrons. The van der Waals surface area contributed by atoms with Gasteiger partial charge in [0.25, 0.3) is 0 Å². The molecule has 1 unspecified atom stereocenters. The van der Waals surface area contributed by atoms with Crippen molar-refractivity contribution < 1.29 is 19.2 Å². The van der Waals surface area contributed by atoms with Gasteiger partial charge in [0, 0.05) is 26.2 Å². The summed E-state index contributed by atoms with van der Waals surface area (Å²) in [5.41, 5.74) is 0.982. The largest absolute Gasteiger partial charge is 0.488 e. The fourth-order valence-electron chi connectivity index (χ4n) is 2.68. The van der Waals surface area contributed by atoms with E-state index in [0.717, 1.165) is 12.1 Å². The quantitative estimate of drug-likeness (QED) is 0.695. The first-order valence-corrected chi connectivity index (χ1v) is 7.40. The van der Waals surface area contributed by atoms with E-state index >= 15 is 0 Å². The van der Waals surface area contributed by atoms with E-state index in [9.17, 15) is 14.4 Å². The summed E-state index contributed by atoms with van der Waals surface area (Å²) in [5.74, 6) is 0.241. The standard InChI is InChI=1S/C15H23BFNO3/c1-11(12-3-4-12)18(7-8-21-2)10-13-5-6-14(17)9-15(13)16(19)20/h5-6,9,11-12,19-20H,3-4,7-8,10H2,1-2H3. The van der Waals surface area contributed by atoms with Crippen molar-refractivity contribution in [2.75, 3.05) is 20.3 Å². The molecule has 1 aromatic rings. The SMILES string of the molecule is COCCN(Cc1ccc(F)cc1B(O)O)C(C)C1CC1. The highest BCUT2D eigenvalue weighted by atomic mass is 19.1. The number of benzene rings is 1. The Labute approximate surface area is 125 Å². The third-order valence-corrected chi connectivity index (χ3v) is 4.22. The first kappa shape index (κ1) is 16.4. The minimum Gasteiger partial charge on any atom is -0.423 e.